The summed E-state index contributed by atoms with van der Waals surface area (Å²) in [7, 11) is 0. The van der Waals surface area contributed by atoms with E-state index < -0.39 is 0 Å². The van der Waals surface area contributed by atoms with E-state index in [0.717, 1.165) is 18.8 Å². The number of benzene rings is 1. The molecule has 1 aromatic rings. The fourth-order valence-electron chi connectivity index (χ4n) is 1.92. The monoisotopic (exact) mass is 236 g/mol. The third kappa shape index (κ3) is 5.22. The summed E-state index contributed by atoms with van der Waals surface area (Å²) in [4.78, 5) is 0. The van der Waals surface area contributed by atoms with E-state index in [1.54, 1.807) is 0 Å². The van der Waals surface area contributed by atoms with Crippen molar-refractivity contribution in [3.05, 3.63) is 29.3 Å². The first kappa shape index (κ1) is 14.0. The lowest BCUT2D eigenvalue weighted by molar-refractivity contribution is -0.655. The van der Waals surface area contributed by atoms with Crippen molar-refractivity contribution in [1.29, 1.82) is 0 Å². The van der Waals surface area contributed by atoms with Crippen LogP contribution >= 0.6 is 0 Å². The molecular formula is C15H26NO+. The highest BCUT2D eigenvalue weighted by Crippen LogP contribution is 2.22. The number of nitrogens with two attached hydrogens (primary N) is 1. The van der Waals surface area contributed by atoms with Crippen LogP contribution in [0.4, 0.5) is 0 Å². The molecule has 96 valence electrons. The molecule has 1 aromatic carbocycles. The molecule has 0 amide bonds. The van der Waals surface area contributed by atoms with Crippen molar-refractivity contribution in [1.82, 2.24) is 0 Å². The van der Waals surface area contributed by atoms with Crippen LogP contribution in [0.2, 0.25) is 0 Å². The number of hydrogen-bond donors (Lipinski definition) is 1. The van der Waals surface area contributed by atoms with E-state index in [-0.39, 0.29) is 0 Å². The molecule has 0 atom stereocenters. The van der Waals surface area contributed by atoms with E-state index in [1.807, 2.05) is 0 Å². The van der Waals surface area contributed by atoms with Crippen LogP contribution in [0.1, 0.15) is 37.3 Å². The van der Waals surface area contributed by atoms with Crippen LogP contribution in [0.25, 0.3) is 0 Å². The maximum Gasteiger partial charge on any atom is 0.125 e. The SMILES string of the molecule is CCCC[NH2+]CCCOc1c(C)cccc1C. The summed E-state index contributed by atoms with van der Waals surface area (Å²) in [5.41, 5.74) is 2.47. The summed E-state index contributed by atoms with van der Waals surface area (Å²) < 4.78 is 5.85. The lowest BCUT2D eigenvalue weighted by atomic mass is 10.1. The molecule has 0 unspecified atom stereocenters. The molecule has 0 aliphatic rings. The van der Waals surface area contributed by atoms with Gasteiger partial charge in [0.05, 0.1) is 19.7 Å². The van der Waals surface area contributed by atoms with E-state index in [1.165, 1.54) is 37.1 Å². The van der Waals surface area contributed by atoms with Crippen molar-refractivity contribution in [3.8, 4) is 5.75 Å². The fraction of sp³-hybridized carbons (Fsp3) is 0.600. The Kier molecular flexibility index (Phi) is 6.71. The third-order valence-corrected chi connectivity index (χ3v) is 2.97. The van der Waals surface area contributed by atoms with Crippen molar-refractivity contribution in [2.75, 3.05) is 19.7 Å². The van der Waals surface area contributed by atoms with E-state index in [0.29, 0.717) is 0 Å². The van der Waals surface area contributed by atoms with Gasteiger partial charge < -0.3 is 10.1 Å². The smallest absolute Gasteiger partial charge is 0.125 e. The Morgan fingerprint density at radius 2 is 1.71 bits per heavy atom. The average molecular weight is 236 g/mol. The molecule has 0 saturated heterocycles. The number of unbranched alkanes of at least 4 members (excludes halogenated alkanes) is 1. The highest BCUT2D eigenvalue weighted by molar-refractivity contribution is 5.39. The number of rotatable bonds is 8. The highest BCUT2D eigenvalue weighted by atomic mass is 16.5. The van der Waals surface area contributed by atoms with Crippen LogP contribution in [-0.4, -0.2) is 19.7 Å². The van der Waals surface area contributed by atoms with E-state index in [9.17, 15) is 0 Å². The van der Waals surface area contributed by atoms with E-state index >= 15 is 0 Å². The summed E-state index contributed by atoms with van der Waals surface area (Å²) >= 11 is 0. The van der Waals surface area contributed by atoms with Gasteiger partial charge >= 0.3 is 0 Å². The summed E-state index contributed by atoms with van der Waals surface area (Å²) in [6, 6.07) is 6.29. The Labute approximate surface area is 105 Å². The molecule has 1 rings (SSSR count). The minimum Gasteiger partial charge on any atom is -0.493 e. The average Bonchev–Trinajstić information content (AvgIpc) is 2.31. The van der Waals surface area contributed by atoms with Crippen LogP contribution in [0, 0.1) is 13.8 Å². The molecular weight excluding hydrogens is 210 g/mol. The molecule has 0 aliphatic heterocycles. The molecule has 2 nitrogen and oxygen atoms in total. The third-order valence-electron chi connectivity index (χ3n) is 2.97. The van der Waals surface area contributed by atoms with Crippen molar-refractivity contribution in [3.63, 3.8) is 0 Å². The van der Waals surface area contributed by atoms with E-state index in [4.69, 9.17) is 4.74 Å². The van der Waals surface area contributed by atoms with Gasteiger partial charge in [-0.15, -0.1) is 0 Å². The molecule has 2 N–H and O–H groups in total. The Hall–Kier alpha value is -1.02. The number of ether oxygens (including phenoxy) is 1. The van der Waals surface area contributed by atoms with Gasteiger partial charge in [0.15, 0.2) is 0 Å². The molecule has 2 heteroatoms. The van der Waals surface area contributed by atoms with Gasteiger partial charge in [-0.3, -0.25) is 0 Å². The quantitative estimate of drug-likeness (QED) is 0.689. The zero-order valence-electron chi connectivity index (χ0n) is 11.5. The van der Waals surface area contributed by atoms with Crippen LogP contribution in [-0.2, 0) is 0 Å². The van der Waals surface area contributed by atoms with Crippen molar-refractivity contribution in [2.45, 2.75) is 40.0 Å². The summed E-state index contributed by atoms with van der Waals surface area (Å²) in [6.07, 6.45) is 3.73. The summed E-state index contributed by atoms with van der Waals surface area (Å²) in [6.45, 7) is 9.70. The minimum absolute atomic E-state index is 0.828. The Balaban J connectivity index is 2.18. The second kappa shape index (κ2) is 8.13. The van der Waals surface area contributed by atoms with Gasteiger partial charge in [-0.2, -0.15) is 0 Å². The lowest BCUT2D eigenvalue weighted by Crippen LogP contribution is -2.84. The first-order chi connectivity index (χ1) is 8.25. The minimum atomic E-state index is 0.828. The van der Waals surface area contributed by atoms with Crippen LogP contribution in [0.15, 0.2) is 18.2 Å². The fourth-order valence-corrected chi connectivity index (χ4v) is 1.92. The molecule has 17 heavy (non-hydrogen) atoms. The molecule has 0 bridgehead atoms. The standard InChI is InChI=1S/C15H25NO/c1-4-5-10-16-11-7-12-17-15-13(2)8-6-9-14(15)3/h6,8-9,16H,4-5,7,10-12H2,1-3H3/p+1. The van der Waals surface area contributed by atoms with Crippen molar-refractivity contribution < 1.29 is 10.1 Å². The van der Waals surface area contributed by atoms with Gasteiger partial charge in [0.1, 0.15) is 5.75 Å². The van der Waals surface area contributed by atoms with Gasteiger partial charge in [-0.05, 0) is 31.4 Å². The molecule has 0 aromatic heterocycles. The van der Waals surface area contributed by atoms with Gasteiger partial charge in [-0.1, -0.05) is 31.5 Å². The molecule has 0 fully saturated rings. The molecule has 0 aliphatic carbocycles. The van der Waals surface area contributed by atoms with Crippen molar-refractivity contribution in [2.24, 2.45) is 0 Å². The van der Waals surface area contributed by atoms with Gasteiger partial charge in [-0.25, -0.2) is 0 Å². The van der Waals surface area contributed by atoms with Gasteiger partial charge in [0.2, 0.25) is 0 Å². The predicted octanol–water partition coefficient (Wildman–Crippen LogP) is 2.44. The van der Waals surface area contributed by atoms with Crippen LogP contribution in [0.5, 0.6) is 5.75 Å². The molecule has 0 saturated carbocycles. The Morgan fingerprint density at radius 1 is 1.06 bits per heavy atom. The Bertz CT molecular complexity index is 302. The maximum atomic E-state index is 5.85. The topological polar surface area (TPSA) is 25.8 Å². The first-order valence-corrected chi connectivity index (χ1v) is 6.76. The number of quaternary nitrogens is 1. The molecule has 0 radical (unpaired) electrons. The Morgan fingerprint density at radius 3 is 2.35 bits per heavy atom. The zero-order valence-corrected chi connectivity index (χ0v) is 11.5. The largest absolute Gasteiger partial charge is 0.493 e. The van der Waals surface area contributed by atoms with Crippen LogP contribution in [0.3, 0.4) is 0 Å². The molecule has 0 spiro atoms. The highest BCUT2D eigenvalue weighted by Gasteiger charge is 2.02. The predicted molar refractivity (Wildman–Crippen MR) is 72.6 cm³/mol. The van der Waals surface area contributed by atoms with Gasteiger partial charge in [0.25, 0.3) is 0 Å². The van der Waals surface area contributed by atoms with Gasteiger partial charge in [0, 0.05) is 6.42 Å². The summed E-state index contributed by atoms with van der Waals surface area (Å²) in [5, 5.41) is 2.39. The normalized spacial score (nSPS) is 10.5. The summed E-state index contributed by atoms with van der Waals surface area (Å²) in [5.74, 6) is 1.07. The second-order valence-electron chi connectivity index (χ2n) is 4.64. The first-order valence-electron chi connectivity index (χ1n) is 6.76. The van der Waals surface area contributed by atoms with Crippen molar-refractivity contribution >= 4 is 0 Å². The number of hydrogen-bond acceptors (Lipinski definition) is 1. The zero-order chi connectivity index (χ0) is 12.5. The number of para-hydroxylation sites is 1. The van der Waals surface area contributed by atoms with E-state index in [2.05, 4.69) is 44.3 Å². The molecule has 0 heterocycles. The van der Waals surface area contributed by atoms with Crippen LogP contribution < -0.4 is 10.1 Å². The lowest BCUT2D eigenvalue weighted by Gasteiger charge is -2.11. The second-order valence-corrected chi connectivity index (χ2v) is 4.64. The maximum absolute atomic E-state index is 5.85. The number of aryl methyl sites for hydroxylation is 2.